The van der Waals surface area contributed by atoms with E-state index < -0.39 is 5.60 Å². The maximum Gasteiger partial charge on any atom is 0.0869 e. The molecule has 2 N–H and O–H groups in total. The second-order valence-corrected chi connectivity index (χ2v) is 7.56. The summed E-state index contributed by atoms with van der Waals surface area (Å²) in [7, 11) is 3.95. The number of thioether (sulfide) groups is 1. The first-order valence-corrected chi connectivity index (χ1v) is 8.26. The maximum atomic E-state index is 10.4. The minimum absolute atomic E-state index is 0.276. The van der Waals surface area contributed by atoms with E-state index in [1.165, 1.54) is 10.5 Å². The van der Waals surface area contributed by atoms with Crippen molar-refractivity contribution in [1.82, 2.24) is 10.2 Å². The van der Waals surface area contributed by atoms with Crippen molar-refractivity contribution in [2.75, 3.05) is 32.9 Å². The molecule has 112 valence electrons. The SMILES string of the molecule is CN(C)CC(C)(O)CNC1CCSc2ccc(Cl)cc21. The van der Waals surface area contributed by atoms with Gasteiger partial charge in [0.05, 0.1) is 5.60 Å². The van der Waals surface area contributed by atoms with Crippen LogP contribution in [-0.2, 0) is 0 Å². The summed E-state index contributed by atoms with van der Waals surface area (Å²) in [6, 6.07) is 6.35. The van der Waals surface area contributed by atoms with E-state index >= 15 is 0 Å². The van der Waals surface area contributed by atoms with Crippen molar-refractivity contribution >= 4 is 23.4 Å². The van der Waals surface area contributed by atoms with Crippen LogP contribution in [0.15, 0.2) is 23.1 Å². The van der Waals surface area contributed by atoms with Crippen LogP contribution in [0.4, 0.5) is 0 Å². The fraction of sp³-hybridized carbons (Fsp3) is 0.600. The van der Waals surface area contributed by atoms with Crippen molar-refractivity contribution in [1.29, 1.82) is 0 Å². The summed E-state index contributed by atoms with van der Waals surface area (Å²) in [4.78, 5) is 3.30. The number of benzene rings is 1. The van der Waals surface area contributed by atoms with Crippen molar-refractivity contribution in [3.63, 3.8) is 0 Å². The van der Waals surface area contributed by atoms with Crippen LogP contribution in [0.3, 0.4) is 0 Å². The van der Waals surface area contributed by atoms with Gasteiger partial charge in [-0.25, -0.2) is 0 Å². The molecule has 0 saturated carbocycles. The minimum atomic E-state index is -0.729. The Morgan fingerprint density at radius 2 is 2.25 bits per heavy atom. The van der Waals surface area contributed by atoms with Gasteiger partial charge in [0, 0.05) is 29.0 Å². The molecule has 0 radical (unpaired) electrons. The van der Waals surface area contributed by atoms with Crippen LogP contribution in [0.1, 0.15) is 24.9 Å². The van der Waals surface area contributed by atoms with Crippen LogP contribution in [0.5, 0.6) is 0 Å². The summed E-state index contributed by atoms with van der Waals surface area (Å²) in [6.45, 7) is 3.09. The number of hydrogen-bond acceptors (Lipinski definition) is 4. The molecule has 1 aliphatic heterocycles. The molecule has 1 aromatic carbocycles. The highest BCUT2D eigenvalue weighted by Gasteiger charge is 2.26. The first-order chi connectivity index (χ1) is 9.37. The van der Waals surface area contributed by atoms with Gasteiger partial charge in [-0.3, -0.25) is 0 Å². The van der Waals surface area contributed by atoms with Gasteiger partial charge in [0.2, 0.25) is 0 Å². The summed E-state index contributed by atoms with van der Waals surface area (Å²) < 4.78 is 0. The van der Waals surface area contributed by atoms with Crippen LogP contribution < -0.4 is 5.32 Å². The molecule has 0 amide bonds. The molecule has 2 unspecified atom stereocenters. The molecule has 2 rings (SSSR count). The van der Waals surface area contributed by atoms with E-state index in [1.54, 1.807) is 0 Å². The second kappa shape index (κ2) is 6.67. The van der Waals surface area contributed by atoms with Crippen molar-refractivity contribution in [2.45, 2.75) is 29.9 Å². The van der Waals surface area contributed by atoms with Gasteiger partial charge in [-0.2, -0.15) is 0 Å². The molecule has 0 spiro atoms. The van der Waals surface area contributed by atoms with Crippen LogP contribution in [0.25, 0.3) is 0 Å². The Morgan fingerprint density at radius 3 is 2.95 bits per heavy atom. The average molecular weight is 315 g/mol. The summed E-state index contributed by atoms with van der Waals surface area (Å²) in [5.41, 5.74) is 0.529. The van der Waals surface area contributed by atoms with Crippen molar-refractivity contribution in [3.8, 4) is 0 Å². The highest BCUT2D eigenvalue weighted by atomic mass is 35.5. The standard InChI is InChI=1S/C15H23ClN2OS/c1-15(19,10-18(2)3)9-17-13-6-7-20-14-5-4-11(16)8-12(13)14/h4-5,8,13,17,19H,6-7,9-10H2,1-3H3. The Balaban J connectivity index is 2.03. The zero-order valence-electron chi connectivity index (χ0n) is 12.3. The monoisotopic (exact) mass is 314 g/mol. The molecule has 1 heterocycles. The normalized spacial score (nSPS) is 21.6. The Bertz CT molecular complexity index is 465. The zero-order valence-corrected chi connectivity index (χ0v) is 13.9. The lowest BCUT2D eigenvalue weighted by Crippen LogP contribution is -2.46. The number of hydrogen-bond donors (Lipinski definition) is 2. The lowest BCUT2D eigenvalue weighted by Gasteiger charge is -2.32. The van der Waals surface area contributed by atoms with E-state index in [0.717, 1.165) is 17.2 Å². The highest BCUT2D eigenvalue weighted by molar-refractivity contribution is 7.99. The molecule has 0 aromatic heterocycles. The second-order valence-electron chi connectivity index (χ2n) is 5.99. The van der Waals surface area contributed by atoms with Gasteiger partial charge in [-0.15, -0.1) is 11.8 Å². The fourth-order valence-corrected chi connectivity index (χ4v) is 3.94. The van der Waals surface area contributed by atoms with Crippen LogP contribution >= 0.6 is 23.4 Å². The molecule has 1 aliphatic rings. The smallest absolute Gasteiger partial charge is 0.0869 e. The fourth-order valence-electron chi connectivity index (χ4n) is 2.66. The first kappa shape index (κ1) is 16.1. The van der Waals surface area contributed by atoms with Gasteiger partial charge in [-0.1, -0.05) is 11.6 Å². The Labute approximate surface area is 130 Å². The third-order valence-corrected chi connectivity index (χ3v) is 4.76. The van der Waals surface area contributed by atoms with Gasteiger partial charge < -0.3 is 15.3 Å². The Morgan fingerprint density at radius 1 is 1.50 bits per heavy atom. The third kappa shape index (κ3) is 4.37. The number of nitrogens with zero attached hydrogens (tertiary/aromatic N) is 1. The van der Waals surface area contributed by atoms with E-state index in [4.69, 9.17) is 11.6 Å². The van der Waals surface area contributed by atoms with Crippen molar-refractivity contribution in [3.05, 3.63) is 28.8 Å². The topological polar surface area (TPSA) is 35.5 Å². The number of rotatable bonds is 5. The molecule has 20 heavy (non-hydrogen) atoms. The van der Waals surface area contributed by atoms with Gasteiger partial charge >= 0.3 is 0 Å². The van der Waals surface area contributed by atoms with Crippen LogP contribution in [0.2, 0.25) is 5.02 Å². The summed E-state index contributed by atoms with van der Waals surface area (Å²) >= 11 is 7.98. The van der Waals surface area contributed by atoms with Crippen LogP contribution in [-0.4, -0.2) is 48.5 Å². The molecular weight excluding hydrogens is 292 g/mol. The Kier molecular flexibility index (Phi) is 5.37. The van der Waals surface area contributed by atoms with E-state index in [-0.39, 0.29) is 6.04 Å². The first-order valence-electron chi connectivity index (χ1n) is 6.90. The quantitative estimate of drug-likeness (QED) is 0.876. The molecule has 5 heteroatoms. The summed E-state index contributed by atoms with van der Waals surface area (Å²) in [6.07, 6.45) is 1.07. The molecule has 0 aliphatic carbocycles. The molecule has 1 aromatic rings. The average Bonchev–Trinajstić information content (AvgIpc) is 2.35. The number of halogens is 1. The van der Waals surface area contributed by atoms with Crippen LogP contribution in [0, 0.1) is 0 Å². The van der Waals surface area contributed by atoms with Crippen molar-refractivity contribution < 1.29 is 5.11 Å². The molecule has 0 bridgehead atoms. The van der Waals surface area contributed by atoms with Gasteiger partial charge in [0.25, 0.3) is 0 Å². The van der Waals surface area contributed by atoms with Gasteiger partial charge in [-0.05, 0) is 57.0 Å². The Hall–Kier alpha value is -0.260. The predicted molar refractivity (Wildman–Crippen MR) is 86.7 cm³/mol. The summed E-state index contributed by atoms with van der Waals surface area (Å²) in [5, 5.41) is 14.7. The minimum Gasteiger partial charge on any atom is -0.388 e. The number of aliphatic hydroxyl groups is 1. The van der Waals surface area contributed by atoms with E-state index in [1.807, 2.05) is 49.8 Å². The van der Waals surface area contributed by atoms with Gasteiger partial charge in [0.15, 0.2) is 0 Å². The van der Waals surface area contributed by atoms with Gasteiger partial charge in [0.1, 0.15) is 0 Å². The molecule has 3 nitrogen and oxygen atoms in total. The zero-order chi connectivity index (χ0) is 14.8. The molecule has 2 atom stereocenters. The lowest BCUT2D eigenvalue weighted by atomic mass is 10.0. The number of likely N-dealkylation sites (N-methyl/N-ethyl adjacent to an activating group) is 1. The highest BCUT2D eigenvalue weighted by Crippen LogP contribution is 2.37. The predicted octanol–water partition coefficient (Wildman–Crippen LogP) is 2.78. The van der Waals surface area contributed by atoms with Crippen molar-refractivity contribution in [2.24, 2.45) is 0 Å². The lowest BCUT2D eigenvalue weighted by molar-refractivity contribution is 0.0311. The molecular formula is C15H23ClN2OS. The molecule has 0 fully saturated rings. The maximum absolute atomic E-state index is 10.4. The third-order valence-electron chi connectivity index (χ3n) is 3.40. The number of nitrogens with one attached hydrogen (secondary N) is 1. The van der Waals surface area contributed by atoms with E-state index in [9.17, 15) is 5.11 Å². The van der Waals surface area contributed by atoms with E-state index in [2.05, 4.69) is 11.4 Å². The van der Waals surface area contributed by atoms with E-state index in [0.29, 0.717) is 13.1 Å². The number of fused-ring (bicyclic) bond motifs is 1. The largest absolute Gasteiger partial charge is 0.388 e. The molecule has 0 saturated heterocycles. The summed E-state index contributed by atoms with van der Waals surface area (Å²) in [5.74, 6) is 1.10.